The summed E-state index contributed by atoms with van der Waals surface area (Å²) < 4.78 is 0. The lowest BCUT2D eigenvalue weighted by atomic mass is 9.90. The van der Waals surface area contributed by atoms with Crippen molar-refractivity contribution in [3.63, 3.8) is 0 Å². The van der Waals surface area contributed by atoms with Crippen LogP contribution in [0.2, 0.25) is 0 Å². The average molecular weight is 267 g/mol. The number of imidazole rings is 1. The number of nitrogens with one attached hydrogen (secondary N) is 2. The third kappa shape index (κ3) is 2.16. The maximum absolute atomic E-state index is 12.3. The summed E-state index contributed by atoms with van der Waals surface area (Å²) in [5.41, 5.74) is -1.51. The summed E-state index contributed by atoms with van der Waals surface area (Å²) in [6.07, 6.45) is 3.49. The molecule has 19 heavy (non-hydrogen) atoms. The summed E-state index contributed by atoms with van der Waals surface area (Å²) >= 11 is 0. The van der Waals surface area contributed by atoms with Crippen LogP contribution in [-0.2, 0) is 4.79 Å². The minimum Gasteiger partial charge on any atom is -0.479 e. The first kappa shape index (κ1) is 13.4. The van der Waals surface area contributed by atoms with Gasteiger partial charge in [0.05, 0.1) is 0 Å². The van der Waals surface area contributed by atoms with Gasteiger partial charge in [0.1, 0.15) is 11.2 Å². The second-order valence-corrected chi connectivity index (χ2v) is 4.80. The lowest BCUT2D eigenvalue weighted by molar-refractivity contribution is -0.148. The number of carboxylic acids is 1. The van der Waals surface area contributed by atoms with Crippen LogP contribution >= 0.6 is 0 Å². The monoisotopic (exact) mass is 267 g/mol. The fraction of sp³-hybridized carbons (Fsp3) is 0.583. The largest absolute Gasteiger partial charge is 0.479 e. The molecule has 1 aliphatic rings. The van der Waals surface area contributed by atoms with Crippen LogP contribution in [-0.4, -0.2) is 43.9 Å². The van der Waals surface area contributed by atoms with Gasteiger partial charge in [-0.2, -0.15) is 0 Å². The Morgan fingerprint density at radius 2 is 2.26 bits per heavy atom. The summed E-state index contributed by atoms with van der Waals surface area (Å²) in [6, 6.07) is 0. The van der Waals surface area contributed by atoms with Crippen LogP contribution in [0.4, 0.5) is 0 Å². The zero-order valence-corrected chi connectivity index (χ0v) is 10.7. The molecule has 7 nitrogen and oxygen atoms in total. The van der Waals surface area contributed by atoms with Gasteiger partial charge in [-0.05, 0) is 19.3 Å². The van der Waals surface area contributed by atoms with Gasteiger partial charge in [0, 0.05) is 12.7 Å². The van der Waals surface area contributed by atoms with Crippen LogP contribution in [0.1, 0.15) is 43.1 Å². The van der Waals surface area contributed by atoms with Gasteiger partial charge in [-0.15, -0.1) is 0 Å². The molecular weight excluding hydrogens is 250 g/mol. The molecule has 1 aromatic heterocycles. The van der Waals surface area contributed by atoms with Crippen LogP contribution in [0.15, 0.2) is 11.0 Å². The van der Waals surface area contributed by atoms with E-state index in [4.69, 9.17) is 0 Å². The van der Waals surface area contributed by atoms with E-state index in [9.17, 15) is 19.5 Å². The Labute approximate surface area is 109 Å². The molecule has 2 heterocycles. The average Bonchev–Trinajstić information content (AvgIpc) is 2.96. The highest BCUT2D eigenvalue weighted by atomic mass is 16.4. The summed E-state index contributed by atoms with van der Waals surface area (Å²) in [6.45, 7) is 2.29. The normalized spacial score (nSPS) is 22.7. The molecule has 1 fully saturated rings. The molecule has 0 radical (unpaired) electrons. The van der Waals surface area contributed by atoms with E-state index in [0.29, 0.717) is 32.2 Å². The number of aromatic nitrogens is 2. The predicted molar refractivity (Wildman–Crippen MR) is 67.0 cm³/mol. The lowest BCUT2D eigenvalue weighted by Crippen LogP contribution is -2.53. The number of hydrogen-bond acceptors (Lipinski definition) is 3. The Bertz CT molecular complexity index is 547. The Balaban J connectivity index is 2.34. The van der Waals surface area contributed by atoms with Gasteiger partial charge in [-0.3, -0.25) is 4.79 Å². The van der Waals surface area contributed by atoms with Gasteiger partial charge in [0.25, 0.3) is 5.91 Å². The highest BCUT2D eigenvalue weighted by Gasteiger charge is 2.49. The van der Waals surface area contributed by atoms with Gasteiger partial charge in [0.15, 0.2) is 0 Å². The molecule has 1 aliphatic heterocycles. The zero-order chi connectivity index (χ0) is 14.0. The molecular formula is C12H17N3O4. The zero-order valence-electron chi connectivity index (χ0n) is 10.7. The maximum Gasteiger partial charge on any atom is 0.329 e. The number of likely N-dealkylation sites (tertiary alicyclic amines) is 1. The highest BCUT2D eigenvalue weighted by Crippen LogP contribution is 2.34. The van der Waals surface area contributed by atoms with Gasteiger partial charge >= 0.3 is 11.7 Å². The molecule has 1 saturated heterocycles. The van der Waals surface area contributed by atoms with Crippen molar-refractivity contribution in [3.05, 3.63) is 22.4 Å². The van der Waals surface area contributed by atoms with E-state index < -0.39 is 23.1 Å². The second-order valence-electron chi connectivity index (χ2n) is 4.80. The first-order valence-electron chi connectivity index (χ1n) is 6.34. The molecule has 1 atom stereocenters. The standard InChI is InChI=1S/C12H17N3O4/c1-2-4-12(10(17)18)5-3-6-15(12)9(16)8-7-13-11(19)14-8/h7H,2-6H2,1H3,(H,17,18)(H2,13,14,19). The Morgan fingerprint density at radius 1 is 1.53 bits per heavy atom. The number of carboxylic acid groups (broad SMARTS) is 1. The van der Waals surface area contributed by atoms with Crippen LogP contribution < -0.4 is 5.69 Å². The van der Waals surface area contributed by atoms with Crippen LogP contribution in [0.25, 0.3) is 0 Å². The van der Waals surface area contributed by atoms with Crippen molar-refractivity contribution in [2.24, 2.45) is 0 Å². The first-order chi connectivity index (χ1) is 9.01. The van der Waals surface area contributed by atoms with E-state index in [1.807, 2.05) is 6.92 Å². The van der Waals surface area contributed by atoms with Crippen molar-refractivity contribution in [2.75, 3.05) is 6.54 Å². The quantitative estimate of drug-likeness (QED) is 0.741. The van der Waals surface area contributed by atoms with Crippen LogP contribution in [0, 0.1) is 0 Å². The molecule has 1 unspecified atom stereocenters. The predicted octanol–water partition coefficient (Wildman–Crippen LogP) is 0.562. The topological polar surface area (TPSA) is 106 Å². The molecule has 3 N–H and O–H groups in total. The number of aliphatic carboxylic acids is 1. The SMILES string of the molecule is CCCC1(C(=O)O)CCCN1C(=O)c1c[nH]c(=O)[nH]1. The van der Waals surface area contributed by atoms with E-state index in [1.54, 1.807) is 0 Å². The minimum atomic E-state index is -1.14. The summed E-state index contributed by atoms with van der Waals surface area (Å²) in [7, 11) is 0. The Kier molecular flexibility index (Phi) is 3.46. The smallest absolute Gasteiger partial charge is 0.329 e. The Morgan fingerprint density at radius 3 is 2.79 bits per heavy atom. The summed E-state index contributed by atoms with van der Waals surface area (Å²) in [5.74, 6) is -1.41. The molecule has 1 amide bonds. The third-order valence-electron chi connectivity index (χ3n) is 3.62. The summed E-state index contributed by atoms with van der Waals surface area (Å²) in [5, 5.41) is 9.49. The molecule has 0 spiro atoms. The number of rotatable bonds is 4. The van der Waals surface area contributed by atoms with Crippen molar-refractivity contribution < 1.29 is 14.7 Å². The van der Waals surface area contributed by atoms with Gasteiger partial charge < -0.3 is 20.0 Å². The molecule has 2 rings (SSSR count). The van der Waals surface area contributed by atoms with Crippen molar-refractivity contribution in [1.29, 1.82) is 0 Å². The second kappa shape index (κ2) is 4.91. The van der Waals surface area contributed by atoms with Gasteiger partial charge in [0.2, 0.25) is 0 Å². The molecule has 0 bridgehead atoms. The van der Waals surface area contributed by atoms with E-state index in [2.05, 4.69) is 9.97 Å². The number of nitrogens with zero attached hydrogens (tertiary/aromatic N) is 1. The molecule has 0 saturated carbocycles. The van der Waals surface area contributed by atoms with Gasteiger partial charge in [-0.1, -0.05) is 13.3 Å². The summed E-state index contributed by atoms with van der Waals surface area (Å²) in [4.78, 5) is 41.1. The van der Waals surface area contributed by atoms with E-state index in [-0.39, 0.29) is 5.69 Å². The third-order valence-corrected chi connectivity index (χ3v) is 3.62. The maximum atomic E-state index is 12.3. The fourth-order valence-electron chi connectivity index (χ4n) is 2.77. The van der Waals surface area contributed by atoms with E-state index in [1.165, 1.54) is 11.1 Å². The Hall–Kier alpha value is -2.05. The number of aromatic amines is 2. The number of carbonyl (C=O) groups excluding carboxylic acids is 1. The lowest BCUT2D eigenvalue weighted by Gasteiger charge is -2.34. The van der Waals surface area contributed by atoms with Crippen molar-refractivity contribution in [3.8, 4) is 0 Å². The minimum absolute atomic E-state index is 0.105. The first-order valence-corrected chi connectivity index (χ1v) is 6.34. The number of amides is 1. The number of carbonyl (C=O) groups is 2. The fourth-order valence-corrected chi connectivity index (χ4v) is 2.77. The highest BCUT2D eigenvalue weighted by molar-refractivity contribution is 5.96. The molecule has 7 heteroatoms. The molecule has 1 aromatic rings. The van der Waals surface area contributed by atoms with Crippen LogP contribution in [0.5, 0.6) is 0 Å². The van der Waals surface area contributed by atoms with Crippen molar-refractivity contribution in [2.45, 2.75) is 38.1 Å². The van der Waals surface area contributed by atoms with Crippen molar-refractivity contribution in [1.82, 2.24) is 14.9 Å². The molecule has 0 aliphatic carbocycles. The van der Waals surface area contributed by atoms with Crippen molar-refractivity contribution >= 4 is 11.9 Å². The number of H-pyrrole nitrogens is 2. The molecule has 104 valence electrons. The van der Waals surface area contributed by atoms with E-state index >= 15 is 0 Å². The van der Waals surface area contributed by atoms with E-state index in [0.717, 1.165) is 0 Å². The molecule has 0 aromatic carbocycles. The van der Waals surface area contributed by atoms with Crippen LogP contribution in [0.3, 0.4) is 0 Å². The van der Waals surface area contributed by atoms with Gasteiger partial charge in [-0.25, -0.2) is 9.59 Å². The number of hydrogen-bond donors (Lipinski definition) is 3.